The van der Waals surface area contributed by atoms with E-state index < -0.39 is 0 Å². The number of ether oxygens (including phenoxy) is 2. The van der Waals surface area contributed by atoms with Crippen LogP contribution in [0.1, 0.15) is 40.5 Å². The first-order valence-electron chi connectivity index (χ1n) is 9.66. The molecule has 6 heteroatoms. The molecule has 5 nitrogen and oxygen atoms in total. The summed E-state index contributed by atoms with van der Waals surface area (Å²) < 4.78 is 10.9. The van der Waals surface area contributed by atoms with Crippen molar-refractivity contribution in [1.82, 2.24) is 9.88 Å². The summed E-state index contributed by atoms with van der Waals surface area (Å²) in [4.78, 5) is 19.8. The predicted octanol–water partition coefficient (Wildman–Crippen LogP) is 5.11. The van der Waals surface area contributed by atoms with E-state index in [1.165, 1.54) is 22.5 Å². The third kappa shape index (κ3) is 3.72. The van der Waals surface area contributed by atoms with Gasteiger partial charge in [-0.1, -0.05) is 35.9 Å². The highest BCUT2D eigenvalue weighted by atomic mass is 32.1. The van der Waals surface area contributed by atoms with Crippen LogP contribution in [-0.4, -0.2) is 36.6 Å². The van der Waals surface area contributed by atoms with Gasteiger partial charge >= 0.3 is 0 Å². The number of amides is 1. The fraction of sp³-hybridized carbons (Fsp3) is 0.304. The number of hydrogen-bond donors (Lipinski definition) is 0. The van der Waals surface area contributed by atoms with Crippen LogP contribution in [0, 0.1) is 6.92 Å². The summed E-state index contributed by atoms with van der Waals surface area (Å²) in [7, 11) is 3.22. The lowest BCUT2D eigenvalue weighted by molar-refractivity contribution is 0.0730. The van der Waals surface area contributed by atoms with E-state index in [9.17, 15) is 4.79 Å². The number of aryl methyl sites for hydroxylation is 1. The lowest BCUT2D eigenvalue weighted by Crippen LogP contribution is -2.30. The second-order valence-corrected chi connectivity index (χ2v) is 8.00. The molecule has 0 spiro atoms. The Balaban J connectivity index is 1.61. The zero-order chi connectivity index (χ0) is 20.4. The van der Waals surface area contributed by atoms with Gasteiger partial charge in [0.25, 0.3) is 5.91 Å². The third-order valence-electron chi connectivity index (χ3n) is 5.33. The van der Waals surface area contributed by atoms with Gasteiger partial charge < -0.3 is 14.4 Å². The van der Waals surface area contributed by atoms with Crippen molar-refractivity contribution >= 4 is 17.2 Å². The molecule has 1 atom stereocenters. The topological polar surface area (TPSA) is 51.7 Å². The Morgan fingerprint density at radius 3 is 2.66 bits per heavy atom. The monoisotopic (exact) mass is 408 g/mol. The van der Waals surface area contributed by atoms with Crippen molar-refractivity contribution in [3.05, 3.63) is 64.7 Å². The van der Waals surface area contributed by atoms with Gasteiger partial charge in [-0.25, -0.2) is 4.98 Å². The Bertz CT molecular complexity index is 1010. The van der Waals surface area contributed by atoms with E-state index >= 15 is 0 Å². The van der Waals surface area contributed by atoms with E-state index in [4.69, 9.17) is 9.47 Å². The maximum absolute atomic E-state index is 13.2. The highest BCUT2D eigenvalue weighted by Gasteiger charge is 2.32. The van der Waals surface area contributed by atoms with E-state index in [1.807, 2.05) is 28.5 Å². The average Bonchev–Trinajstić information content (AvgIpc) is 3.43. The second-order valence-electron chi connectivity index (χ2n) is 7.15. The van der Waals surface area contributed by atoms with Crippen LogP contribution >= 0.6 is 11.3 Å². The molecule has 1 saturated heterocycles. The van der Waals surface area contributed by atoms with E-state index in [0.717, 1.165) is 30.0 Å². The molecule has 4 rings (SSSR count). The van der Waals surface area contributed by atoms with Crippen molar-refractivity contribution in [3.8, 4) is 22.1 Å². The van der Waals surface area contributed by atoms with Crippen LogP contribution in [0.15, 0.2) is 47.8 Å². The maximum atomic E-state index is 13.2. The Morgan fingerprint density at radius 2 is 1.93 bits per heavy atom. The quantitative estimate of drug-likeness (QED) is 0.588. The molecule has 0 bridgehead atoms. The molecule has 2 aromatic carbocycles. The standard InChI is InChI=1S/C23H24N2O3S/c1-15-9-11-16(12-10-15)19-7-5-13-25(19)23(26)18-14-29-22(24-18)17-6-4-8-20(27-2)21(17)28-3/h4,6,8-12,14,19H,5,7,13H2,1-3H3/t19-/m1/s1. The fourth-order valence-electron chi connectivity index (χ4n) is 3.84. The first kappa shape index (κ1) is 19.5. The predicted molar refractivity (Wildman–Crippen MR) is 115 cm³/mol. The summed E-state index contributed by atoms with van der Waals surface area (Å²) >= 11 is 1.44. The van der Waals surface area contributed by atoms with E-state index in [0.29, 0.717) is 17.2 Å². The molecule has 1 aliphatic heterocycles. The molecule has 1 aromatic heterocycles. The number of thiazole rings is 1. The highest BCUT2D eigenvalue weighted by Crippen LogP contribution is 2.40. The summed E-state index contributed by atoms with van der Waals surface area (Å²) in [6.45, 7) is 2.83. The minimum absolute atomic E-state index is 0.0163. The van der Waals surface area contributed by atoms with Gasteiger partial charge in [-0.3, -0.25) is 4.79 Å². The summed E-state index contributed by atoms with van der Waals surface area (Å²) in [6, 6.07) is 14.2. The summed E-state index contributed by atoms with van der Waals surface area (Å²) in [5.41, 5.74) is 3.72. The van der Waals surface area contributed by atoms with E-state index in [-0.39, 0.29) is 11.9 Å². The molecular weight excluding hydrogens is 384 g/mol. The van der Waals surface area contributed by atoms with Crippen molar-refractivity contribution in [1.29, 1.82) is 0 Å². The zero-order valence-electron chi connectivity index (χ0n) is 16.8. The highest BCUT2D eigenvalue weighted by molar-refractivity contribution is 7.13. The minimum Gasteiger partial charge on any atom is -0.493 e. The third-order valence-corrected chi connectivity index (χ3v) is 6.21. The number of carbonyl (C=O) groups excluding carboxylic acids is 1. The van der Waals surface area contributed by atoms with Crippen molar-refractivity contribution in [2.75, 3.05) is 20.8 Å². The Morgan fingerprint density at radius 1 is 1.14 bits per heavy atom. The number of para-hydroxylation sites is 1. The Hall–Kier alpha value is -2.86. The summed E-state index contributed by atoms with van der Waals surface area (Å²) in [6.07, 6.45) is 1.99. The molecule has 3 aromatic rings. The first-order valence-corrected chi connectivity index (χ1v) is 10.5. The molecule has 29 heavy (non-hydrogen) atoms. The van der Waals surface area contributed by atoms with Gasteiger partial charge in [0, 0.05) is 11.9 Å². The number of likely N-dealkylation sites (tertiary alicyclic amines) is 1. The van der Waals surface area contributed by atoms with Crippen molar-refractivity contribution in [2.45, 2.75) is 25.8 Å². The maximum Gasteiger partial charge on any atom is 0.273 e. The molecule has 0 radical (unpaired) electrons. The van der Waals surface area contributed by atoms with Crippen LogP contribution in [0.4, 0.5) is 0 Å². The Kier molecular flexibility index (Phi) is 5.53. The fourth-order valence-corrected chi connectivity index (χ4v) is 4.66. The molecule has 1 aliphatic rings. The average molecular weight is 409 g/mol. The molecule has 0 aliphatic carbocycles. The number of aromatic nitrogens is 1. The van der Waals surface area contributed by atoms with Gasteiger partial charge in [0.15, 0.2) is 11.5 Å². The number of rotatable bonds is 5. The van der Waals surface area contributed by atoms with Crippen molar-refractivity contribution < 1.29 is 14.3 Å². The molecule has 1 amide bonds. The van der Waals surface area contributed by atoms with Crippen LogP contribution in [-0.2, 0) is 0 Å². The molecule has 2 heterocycles. The minimum atomic E-state index is -0.0163. The molecular formula is C23H24N2O3S. The smallest absolute Gasteiger partial charge is 0.273 e. The number of hydrogen-bond acceptors (Lipinski definition) is 5. The van der Waals surface area contributed by atoms with Crippen molar-refractivity contribution in [2.24, 2.45) is 0 Å². The molecule has 0 N–H and O–H groups in total. The van der Waals surface area contributed by atoms with Gasteiger partial charge in [-0.2, -0.15) is 0 Å². The van der Waals surface area contributed by atoms with E-state index in [2.05, 4.69) is 36.2 Å². The van der Waals surface area contributed by atoms with Gasteiger partial charge in [-0.05, 0) is 37.5 Å². The van der Waals surface area contributed by atoms with Gasteiger partial charge in [0.2, 0.25) is 0 Å². The Labute approximate surface area is 174 Å². The van der Waals surface area contributed by atoms with Crippen LogP contribution in [0.5, 0.6) is 11.5 Å². The SMILES string of the molecule is COc1cccc(-c2nc(C(=O)N3CCC[C@@H]3c3ccc(C)cc3)cs2)c1OC. The first-order chi connectivity index (χ1) is 14.1. The normalized spacial score (nSPS) is 16.1. The van der Waals surface area contributed by atoms with Crippen molar-refractivity contribution in [3.63, 3.8) is 0 Å². The molecule has 0 saturated carbocycles. The summed E-state index contributed by atoms with van der Waals surface area (Å²) in [5, 5.41) is 2.58. The number of methoxy groups -OCH3 is 2. The lowest BCUT2D eigenvalue weighted by Gasteiger charge is -2.24. The zero-order valence-corrected chi connectivity index (χ0v) is 17.7. The van der Waals surface area contributed by atoms with Crippen LogP contribution < -0.4 is 9.47 Å². The van der Waals surface area contributed by atoms with Crippen LogP contribution in [0.25, 0.3) is 10.6 Å². The lowest BCUT2D eigenvalue weighted by atomic mass is 10.0. The van der Waals surface area contributed by atoms with Crippen LogP contribution in [0.2, 0.25) is 0 Å². The van der Waals surface area contributed by atoms with Gasteiger partial charge in [0.05, 0.1) is 25.8 Å². The largest absolute Gasteiger partial charge is 0.493 e. The van der Waals surface area contributed by atoms with Gasteiger partial charge in [0.1, 0.15) is 10.7 Å². The molecule has 0 unspecified atom stereocenters. The summed E-state index contributed by atoms with van der Waals surface area (Å²) in [5.74, 6) is 1.26. The molecule has 1 fully saturated rings. The number of carbonyl (C=O) groups is 1. The van der Waals surface area contributed by atoms with Gasteiger partial charge in [-0.15, -0.1) is 11.3 Å². The number of nitrogens with zero attached hydrogens (tertiary/aromatic N) is 2. The molecule has 150 valence electrons. The second kappa shape index (κ2) is 8.25. The van der Waals surface area contributed by atoms with E-state index in [1.54, 1.807) is 14.2 Å². The van der Waals surface area contributed by atoms with Crippen LogP contribution in [0.3, 0.4) is 0 Å². The number of benzene rings is 2.